The summed E-state index contributed by atoms with van der Waals surface area (Å²) in [5.41, 5.74) is 19.8. The molecule has 0 atom stereocenters. The van der Waals surface area contributed by atoms with Crippen LogP contribution in [0.5, 0.6) is 0 Å². The molecule has 0 N–H and O–H groups in total. The molecule has 0 saturated carbocycles. The van der Waals surface area contributed by atoms with Gasteiger partial charge in [-0.15, -0.1) is 0 Å². The topological polar surface area (TPSA) is 41.9 Å². The van der Waals surface area contributed by atoms with Crippen LogP contribution in [0.15, 0.2) is 200 Å². The number of fused-ring (bicyclic) bond motifs is 1. The van der Waals surface area contributed by atoms with Gasteiger partial charge in [-0.3, -0.25) is 4.90 Å². The van der Waals surface area contributed by atoms with Crippen molar-refractivity contribution in [1.29, 1.82) is 0 Å². The van der Waals surface area contributed by atoms with Crippen LogP contribution in [0.2, 0.25) is 0 Å². The third-order valence-corrected chi connectivity index (χ3v) is 12.8. The van der Waals surface area contributed by atoms with Crippen LogP contribution in [0.25, 0.3) is 55.8 Å². The van der Waals surface area contributed by atoms with Crippen molar-refractivity contribution in [3.05, 3.63) is 250 Å². The summed E-state index contributed by atoms with van der Waals surface area (Å²) in [6, 6.07) is 71.4. The Kier molecular flexibility index (Phi) is 11.4. The maximum Gasteiger partial charge on any atom is 0.238 e. The second-order valence-electron chi connectivity index (χ2n) is 17.6. The quantitative estimate of drug-likeness (QED) is 0.129. The lowest BCUT2D eigenvalue weighted by atomic mass is 9.77. The normalized spacial score (nSPS) is 11.3. The lowest BCUT2D eigenvalue weighted by molar-refractivity contribution is 0.919. The number of anilines is 3. The van der Waals surface area contributed by atoms with E-state index in [1.54, 1.807) is 0 Å². The van der Waals surface area contributed by atoms with E-state index >= 15 is 0 Å². The van der Waals surface area contributed by atoms with Gasteiger partial charge in [-0.05, 0) is 132 Å². The Hall–Kier alpha value is -7.95. The molecule has 4 heteroatoms. The third-order valence-electron chi connectivity index (χ3n) is 12.8. The van der Waals surface area contributed by atoms with Gasteiger partial charge in [0.25, 0.3) is 0 Å². The molecule has 66 heavy (non-hydrogen) atoms. The number of rotatable bonds is 10. The molecular formula is C62H52N4. The molecule has 0 aliphatic heterocycles. The zero-order valence-electron chi connectivity index (χ0n) is 38.4. The summed E-state index contributed by atoms with van der Waals surface area (Å²) in [7, 11) is 0. The number of hydrogen-bond acceptors (Lipinski definition) is 4. The Morgan fingerprint density at radius 1 is 0.379 bits per heavy atom. The first-order valence-electron chi connectivity index (χ1n) is 22.8. The van der Waals surface area contributed by atoms with Gasteiger partial charge in [0.1, 0.15) is 0 Å². The van der Waals surface area contributed by atoms with Gasteiger partial charge in [0, 0.05) is 28.3 Å². The average Bonchev–Trinajstić information content (AvgIpc) is 3.34. The summed E-state index contributed by atoms with van der Waals surface area (Å²) in [6.45, 7) is 13.4. The van der Waals surface area contributed by atoms with Crippen molar-refractivity contribution in [2.75, 3.05) is 4.90 Å². The second-order valence-corrected chi connectivity index (χ2v) is 17.6. The van der Waals surface area contributed by atoms with Crippen molar-refractivity contribution >= 4 is 28.1 Å². The molecule has 4 nitrogen and oxygen atoms in total. The highest BCUT2D eigenvalue weighted by Gasteiger charge is 2.27. The lowest BCUT2D eigenvalue weighted by Gasteiger charge is -2.29. The number of nitrogens with zero attached hydrogens (tertiary/aromatic N) is 4. The SMILES string of the molecule is Cc1cc(C)c(C(c2ccc(N(c3nc(-c4ccccc4)nc(-c4cccc(-c5ccccc5)c4)n3)c3ccc4ccccc4c3-c3ccccc3)cc2)c2c(C)cc(C)cc2C)c(C)c1. The van der Waals surface area contributed by atoms with Gasteiger partial charge >= 0.3 is 0 Å². The Balaban J connectivity index is 1.23. The minimum Gasteiger partial charge on any atom is -0.278 e. The predicted octanol–water partition coefficient (Wildman–Crippen LogP) is 16.2. The van der Waals surface area contributed by atoms with E-state index in [9.17, 15) is 0 Å². The standard InChI is InChI=1S/C62H52N4/c1-40-35-42(3)56(43(4)36-40)59(57-44(5)37-41(2)38-45(57)6)49-29-32-53(33-30-49)66(55-34-31-47-21-16-17-28-54(47)58(55)48-22-12-8-13-23-48)62-64-60(50-24-14-9-15-25-50)63-61(65-62)52-27-18-26-51(39-52)46-19-10-7-11-20-46/h7-39,59H,1-6H3. The molecular weight excluding hydrogens is 801 g/mol. The lowest BCUT2D eigenvalue weighted by Crippen LogP contribution is -2.17. The molecule has 0 bridgehead atoms. The van der Waals surface area contributed by atoms with E-state index in [1.165, 1.54) is 50.1 Å². The van der Waals surface area contributed by atoms with E-state index < -0.39 is 0 Å². The number of benzene rings is 9. The molecule has 0 aliphatic rings. The first-order chi connectivity index (χ1) is 32.2. The van der Waals surface area contributed by atoms with Crippen molar-refractivity contribution in [1.82, 2.24) is 15.0 Å². The summed E-state index contributed by atoms with van der Waals surface area (Å²) < 4.78 is 0. The van der Waals surface area contributed by atoms with E-state index in [2.05, 4.69) is 222 Å². The predicted molar refractivity (Wildman–Crippen MR) is 276 cm³/mol. The first-order valence-corrected chi connectivity index (χ1v) is 22.8. The minimum absolute atomic E-state index is 0.0274. The fraction of sp³-hybridized carbons (Fsp3) is 0.113. The monoisotopic (exact) mass is 852 g/mol. The molecule has 0 fully saturated rings. The molecule has 0 amide bonds. The molecule has 0 saturated heterocycles. The van der Waals surface area contributed by atoms with Gasteiger partial charge in [0.05, 0.1) is 5.69 Å². The Morgan fingerprint density at radius 2 is 0.864 bits per heavy atom. The Labute approximate surface area is 389 Å². The molecule has 1 heterocycles. The highest BCUT2D eigenvalue weighted by atomic mass is 15.3. The second kappa shape index (κ2) is 17.9. The summed E-state index contributed by atoms with van der Waals surface area (Å²) in [5, 5.41) is 2.30. The molecule has 10 aromatic rings. The van der Waals surface area contributed by atoms with Crippen molar-refractivity contribution in [2.24, 2.45) is 0 Å². The van der Waals surface area contributed by atoms with E-state index in [0.717, 1.165) is 55.5 Å². The maximum absolute atomic E-state index is 5.45. The van der Waals surface area contributed by atoms with Crippen LogP contribution in [-0.4, -0.2) is 15.0 Å². The highest BCUT2D eigenvalue weighted by Crippen LogP contribution is 2.46. The summed E-state index contributed by atoms with van der Waals surface area (Å²) in [6.07, 6.45) is 0. The van der Waals surface area contributed by atoms with Crippen molar-refractivity contribution < 1.29 is 0 Å². The molecule has 0 radical (unpaired) electrons. The number of aromatic nitrogens is 3. The van der Waals surface area contributed by atoms with E-state index in [-0.39, 0.29) is 5.92 Å². The summed E-state index contributed by atoms with van der Waals surface area (Å²) in [4.78, 5) is 18.3. The van der Waals surface area contributed by atoms with Crippen LogP contribution in [0, 0.1) is 41.5 Å². The van der Waals surface area contributed by atoms with Crippen LogP contribution in [0.1, 0.15) is 56.0 Å². The molecule has 0 aliphatic carbocycles. The van der Waals surface area contributed by atoms with E-state index in [1.807, 2.05) is 24.3 Å². The van der Waals surface area contributed by atoms with Crippen LogP contribution >= 0.6 is 0 Å². The van der Waals surface area contributed by atoms with Gasteiger partial charge in [-0.2, -0.15) is 9.97 Å². The zero-order valence-corrected chi connectivity index (χ0v) is 38.4. The molecule has 0 spiro atoms. The van der Waals surface area contributed by atoms with Crippen LogP contribution in [-0.2, 0) is 0 Å². The van der Waals surface area contributed by atoms with E-state index in [4.69, 9.17) is 15.0 Å². The Bertz CT molecular complexity index is 3260. The number of hydrogen-bond donors (Lipinski definition) is 0. The van der Waals surface area contributed by atoms with Gasteiger partial charge in [0.2, 0.25) is 5.95 Å². The van der Waals surface area contributed by atoms with E-state index in [0.29, 0.717) is 17.6 Å². The van der Waals surface area contributed by atoms with Gasteiger partial charge in [-0.1, -0.05) is 187 Å². The molecule has 0 unspecified atom stereocenters. The Morgan fingerprint density at radius 3 is 1.45 bits per heavy atom. The van der Waals surface area contributed by atoms with Crippen molar-refractivity contribution in [3.8, 4) is 45.0 Å². The van der Waals surface area contributed by atoms with Crippen molar-refractivity contribution in [2.45, 2.75) is 47.5 Å². The fourth-order valence-electron chi connectivity index (χ4n) is 10.1. The number of aryl methyl sites for hydroxylation is 6. The minimum atomic E-state index is 0.0274. The third kappa shape index (κ3) is 8.19. The molecule has 9 aromatic carbocycles. The van der Waals surface area contributed by atoms with Crippen LogP contribution < -0.4 is 4.90 Å². The largest absolute Gasteiger partial charge is 0.278 e. The maximum atomic E-state index is 5.45. The average molecular weight is 853 g/mol. The summed E-state index contributed by atoms with van der Waals surface area (Å²) in [5.74, 6) is 1.74. The smallest absolute Gasteiger partial charge is 0.238 e. The first kappa shape index (κ1) is 42.0. The molecule has 320 valence electrons. The molecule has 1 aromatic heterocycles. The van der Waals surface area contributed by atoms with Gasteiger partial charge < -0.3 is 0 Å². The zero-order chi connectivity index (χ0) is 45.3. The fourth-order valence-corrected chi connectivity index (χ4v) is 10.1. The van der Waals surface area contributed by atoms with Crippen LogP contribution in [0.3, 0.4) is 0 Å². The van der Waals surface area contributed by atoms with Gasteiger partial charge in [0.15, 0.2) is 11.6 Å². The van der Waals surface area contributed by atoms with Crippen LogP contribution in [0.4, 0.5) is 17.3 Å². The summed E-state index contributed by atoms with van der Waals surface area (Å²) >= 11 is 0. The molecule has 10 rings (SSSR count). The highest BCUT2D eigenvalue weighted by molar-refractivity contribution is 6.05. The van der Waals surface area contributed by atoms with Gasteiger partial charge in [-0.25, -0.2) is 4.98 Å². The van der Waals surface area contributed by atoms with Crippen molar-refractivity contribution in [3.63, 3.8) is 0 Å².